The van der Waals surface area contributed by atoms with Crippen LogP contribution < -0.4 is 15.4 Å². The molecule has 0 spiro atoms. The van der Waals surface area contributed by atoms with Crippen LogP contribution in [0.15, 0.2) is 51.7 Å². The standard InChI is InChI=1S/C22H20F4N2O2/c1-27(13-14-4-6-15(23)7-5-14)18-9-8-16-17(22(24,25)26)12-19(29)30-21(16)20(18)28-10-2-3-11-28/h4-9,12H,2-3,10-11,13H2,1H3. The third-order valence-corrected chi connectivity index (χ3v) is 5.34. The number of benzene rings is 2. The van der Waals surface area contributed by atoms with E-state index in [1.54, 1.807) is 25.2 Å². The molecular formula is C22H20F4N2O2. The van der Waals surface area contributed by atoms with Gasteiger partial charge in [-0.1, -0.05) is 12.1 Å². The van der Waals surface area contributed by atoms with Crippen LogP contribution >= 0.6 is 0 Å². The Bertz CT molecular complexity index is 1120. The molecule has 30 heavy (non-hydrogen) atoms. The Morgan fingerprint density at radius 2 is 1.73 bits per heavy atom. The van der Waals surface area contributed by atoms with Gasteiger partial charge < -0.3 is 14.2 Å². The van der Waals surface area contributed by atoms with Crippen molar-refractivity contribution in [1.29, 1.82) is 0 Å². The highest BCUT2D eigenvalue weighted by Gasteiger charge is 2.35. The van der Waals surface area contributed by atoms with Gasteiger partial charge >= 0.3 is 11.8 Å². The fourth-order valence-corrected chi connectivity index (χ4v) is 3.94. The lowest BCUT2D eigenvalue weighted by molar-refractivity contribution is -0.136. The molecule has 158 valence electrons. The van der Waals surface area contributed by atoms with E-state index in [2.05, 4.69) is 0 Å². The fourth-order valence-electron chi connectivity index (χ4n) is 3.94. The molecule has 8 heteroatoms. The molecule has 2 heterocycles. The molecule has 0 saturated carbocycles. The van der Waals surface area contributed by atoms with Gasteiger partial charge in [-0.15, -0.1) is 0 Å². The zero-order valence-electron chi connectivity index (χ0n) is 16.3. The summed E-state index contributed by atoms with van der Waals surface area (Å²) in [6.45, 7) is 1.74. The molecule has 1 fully saturated rings. The van der Waals surface area contributed by atoms with Crippen molar-refractivity contribution in [3.63, 3.8) is 0 Å². The number of alkyl halides is 3. The van der Waals surface area contributed by atoms with Crippen LogP contribution in [0.25, 0.3) is 11.0 Å². The molecule has 4 rings (SSSR count). The zero-order chi connectivity index (χ0) is 21.5. The van der Waals surface area contributed by atoms with Gasteiger partial charge in [0.2, 0.25) is 0 Å². The summed E-state index contributed by atoms with van der Waals surface area (Å²) in [5.41, 5.74) is -0.110. The average molecular weight is 420 g/mol. The van der Waals surface area contributed by atoms with Gasteiger partial charge in [0.25, 0.3) is 0 Å². The number of hydrogen-bond acceptors (Lipinski definition) is 4. The highest BCUT2D eigenvalue weighted by molar-refractivity contribution is 5.98. The molecule has 1 aromatic heterocycles. The van der Waals surface area contributed by atoms with Crippen molar-refractivity contribution in [2.45, 2.75) is 25.6 Å². The Balaban J connectivity index is 1.87. The van der Waals surface area contributed by atoms with Gasteiger partial charge in [-0.2, -0.15) is 13.2 Å². The highest BCUT2D eigenvalue weighted by atomic mass is 19.4. The van der Waals surface area contributed by atoms with Crippen LogP contribution in [-0.4, -0.2) is 20.1 Å². The molecule has 2 aromatic carbocycles. The van der Waals surface area contributed by atoms with E-state index in [0.717, 1.165) is 18.4 Å². The largest absolute Gasteiger partial charge is 0.420 e. The number of anilines is 2. The second-order valence-corrected chi connectivity index (χ2v) is 7.46. The summed E-state index contributed by atoms with van der Waals surface area (Å²) in [7, 11) is 1.80. The van der Waals surface area contributed by atoms with Gasteiger partial charge in [0.1, 0.15) is 11.5 Å². The summed E-state index contributed by atoms with van der Waals surface area (Å²) in [6.07, 6.45) is -2.86. The molecule has 0 bridgehead atoms. The number of rotatable bonds is 4. The highest BCUT2D eigenvalue weighted by Crippen LogP contribution is 2.42. The Morgan fingerprint density at radius 1 is 1.07 bits per heavy atom. The Labute approximate surface area is 170 Å². The average Bonchev–Trinajstić information content (AvgIpc) is 3.21. The third kappa shape index (κ3) is 3.86. The molecule has 0 unspecified atom stereocenters. The Kier molecular flexibility index (Phi) is 5.17. The first-order chi connectivity index (χ1) is 14.2. The number of halogens is 4. The minimum Gasteiger partial charge on any atom is -0.420 e. The second kappa shape index (κ2) is 7.66. The minimum atomic E-state index is -4.67. The normalized spacial score (nSPS) is 14.5. The lowest BCUT2D eigenvalue weighted by atomic mass is 10.1. The Morgan fingerprint density at radius 3 is 2.37 bits per heavy atom. The molecular weight excluding hydrogens is 400 g/mol. The van der Waals surface area contributed by atoms with Crippen molar-refractivity contribution < 1.29 is 22.0 Å². The summed E-state index contributed by atoms with van der Waals surface area (Å²) in [6, 6.07) is 9.50. The second-order valence-electron chi connectivity index (χ2n) is 7.46. The topological polar surface area (TPSA) is 36.7 Å². The van der Waals surface area contributed by atoms with E-state index < -0.39 is 17.4 Å². The lowest BCUT2D eigenvalue weighted by Gasteiger charge is -2.28. The first kappa shape index (κ1) is 20.3. The van der Waals surface area contributed by atoms with Gasteiger partial charge in [0, 0.05) is 38.1 Å². The molecule has 0 aliphatic carbocycles. The SMILES string of the molecule is CN(Cc1ccc(F)cc1)c1ccc2c(C(F)(F)F)cc(=O)oc2c1N1CCCC1. The van der Waals surface area contributed by atoms with Gasteiger partial charge in [-0.3, -0.25) is 0 Å². The molecule has 1 aliphatic heterocycles. The van der Waals surface area contributed by atoms with Gasteiger partial charge in [0.05, 0.1) is 11.3 Å². The van der Waals surface area contributed by atoms with Crippen molar-refractivity contribution in [2.75, 3.05) is 29.9 Å². The smallest absolute Gasteiger partial charge is 0.417 e. The maximum Gasteiger partial charge on any atom is 0.417 e. The molecule has 3 aromatic rings. The Hall–Kier alpha value is -3.03. The number of nitrogens with zero attached hydrogens (tertiary/aromatic N) is 2. The van der Waals surface area contributed by atoms with Crippen molar-refractivity contribution in [2.24, 2.45) is 0 Å². The molecule has 0 N–H and O–H groups in total. The van der Waals surface area contributed by atoms with Crippen molar-refractivity contribution >= 4 is 22.3 Å². The van der Waals surface area contributed by atoms with Crippen LogP contribution in [0.1, 0.15) is 24.0 Å². The maximum absolute atomic E-state index is 13.6. The van der Waals surface area contributed by atoms with Crippen LogP contribution in [0, 0.1) is 5.82 Å². The molecule has 4 nitrogen and oxygen atoms in total. The quantitative estimate of drug-likeness (QED) is 0.430. The van der Waals surface area contributed by atoms with Crippen LogP contribution in [0.4, 0.5) is 28.9 Å². The van der Waals surface area contributed by atoms with Gasteiger partial charge in [-0.25, -0.2) is 9.18 Å². The summed E-state index contributed by atoms with van der Waals surface area (Å²) in [5.74, 6) is -0.341. The van der Waals surface area contributed by atoms with Crippen LogP contribution in [0.5, 0.6) is 0 Å². The van der Waals surface area contributed by atoms with E-state index in [1.165, 1.54) is 18.2 Å². The first-order valence-electron chi connectivity index (χ1n) is 9.62. The predicted octanol–water partition coefficient (Wildman–Crippen LogP) is 5.19. The summed E-state index contributed by atoms with van der Waals surface area (Å²) < 4.78 is 59.2. The van der Waals surface area contributed by atoms with Gasteiger partial charge in [-0.05, 0) is 42.7 Å². The monoisotopic (exact) mass is 420 g/mol. The molecule has 0 radical (unpaired) electrons. The van der Waals surface area contributed by atoms with E-state index in [-0.39, 0.29) is 16.8 Å². The minimum absolute atomic E-state index is 0.0554. The van der Waals surface area contributed by atoms with Crippen LogP contribution in [-0.2, 0) is 12.7 Å². The molecule has 1 aliphatic rings. The lowest BCUT2D eigenvalue weighted by Crippen LogP contribution is -2.24. The fraction of sp³-hybridized carbons (Fsp3) is 0.318. The first-order valence-corrected chi connectivity index (χ1v) is 9.62. The molecule has 1 saturated heterocycles. The summed E-state index contributed by atoms with van der Waals surface area (Å²) >= 11 is 0. The summed E-state index contributed by atoms with van der Waals surface area (Å²) in [5, 5.41) is -0.136. The van der Waals surface area contributed by atoms with Crippen molar-refractivity contribution in [3.05, 3.63) is 69.8 Å². The molecule has 0 amide bonds. The zero-order valence-corrected chi connectivity index (χ0v) is 16.3. The summed E-state index contributed by atoms with van der Waals surface area (Å²) in [4.78, 5) is 15.8. The number of fused-ring (bicyclic) bond motifs is 1. The van der Waals surface area contributed by atoms with E-state index in [4.69, 9.17) is 4.42 Å². The third-order valence-electron chi connectivity index (χ3n) is 5.34. The van der Waals surface area contributed by atoms with E-state index >= 15 is 0 Å². The van der Waals surface area contributed by atoms with Gasteiger partial charge in [0.15, 0.2) is 5.58 Å². The molecule has 0 atom stereocenters. The van der Waals surface area contributed by atoms with Crippen LogP contribution in [0.2, 0.25) is 0 Å². The number of hydrogen-bond donors (Lipinski definition) is 0. The van der Waals surface area contributed by atoms with E-state index in [1.807, 2.05) is 9.80 Å². The van der Waals surface area contributed by atoms with E-state index in [9.17, 15) is 22.4 Å². The van der Waals surface area contributed by atoms with Crippen molar-refractivity contribution in [1.82, 2.24) is 0 Å². The predicted molar refractivity (Wildman–Crippen MR) is 107 cm³/mol. The maximum atomic E-state index is 13.6. The van der Waals surface area contributed by atoms with Crippen LogP contribution in [0.3, 0.4) is 0 Å². The van der Waals surface area contributed by atoms with E-state index in [0.29, 0.717) is 37.1 Å². The van der Waals surface area contributed by atoms with Crippen molar-refractivity contribution in [3.8, 4) is 0 Å².